The first kappa shape index (κ1) is 14.7. The van der Waals surface area contributed by atoms with E-state index in [1.165, 1.54) is 33.3 Å². The lowest BCUT2D eigenvalue weighted by Crippen LogP contribution is -2.30. The second kappa shape index (κ2) is 4.57. The van der Waals surface area contributed by atoms with E-state index < -0.39 is 8.07 Å². The first-order valence-electron chi connectivity index (χ1n) is 8.18. The number of hydrogen-bond donors (Lipinski definition) is 0. The fraction of sp³-hybridized carbons (Fsp3) is 0.300. The molecule has 1 aromatic heterocycles. The van der Waals surface area contributed by atoms with Crippen LogP contribution in [0.1, 0.15) is 22.2 Å². The number of aryl methyl sites for hydroxylation is 2. The quantitative estimate of drug-likeness (QED) is 0.513. The van der Waals surface area contributed by atoms with Crippen LogP contribution in [0.2, 0.25) is 19.6 Å². The number of fused-ring (bicyclic) bond motifs is 5. The van der Waals surface area contributed by atoms with Crippen LogP contribution < -0.4 is 0 Å². The second-order valence-electron chi connectivity index (χ2n) is 7.87. The molecule has 0 aliphatic heterocycles. The SMILES string of the molecule is Cc1ccc2c3c(n(C)c2c1)-c1cc(F)ccc1C3[Si](C)(C)C. The Morgan fingerprint density at radius 2 is 1.78 bits per heavy atom. The predicted molar refractivity (Wildman–Crippen MR) is 98.2 cm³/mol. The molecular weight excluding hydrogens is 301 g/mol. The van der Waals surface area contributed by atoms with Gasteiger partial charge in [0.2, 0.25) is 0 Å². The smallest absolute Gasteiger partial charge is 0.123 e. The summed E-state index contributed by atoms with van der Waals surface area (Å²) in [7, 11) is 0.616. The van der Waals surface area contributed by atoms with Crippen LogP contribution in [0.15, 0.2) is 36.4 Å². The van der Waals surface area contributed by atoms with Crippen LogP contribution in [0.5, 0.6) is 0 Å². The molecule has 2 aromatic carbocycles. The maximum Gasteiger partial charge on any atom is 0.123 e. The summed E-state index contributed by atoms with van der Waals surface area (Å²) in [6.45, 7) is 9.36. The molecule has 3 aromatic rings. The minimum absolute atomic E-state index is 0.146. The van der Waals surface area contributed by atoms with Crippen molar-refractivity contribution in [2.45, 2.75) is 32.1 Å². The molecule has 0 bridgehead atoms. The minimum atomic E-state index is -1.50. The van der Waals surface area contributed by atoms with E-state index in [0.29, 0.717) is 5.54 Å². The van der Waals surface area contributed by atoms with Gasteiger partial charge in [0.05, 0.1) is 13.8 Å². The Bertz CT molecular complexity index is 946. The van der Waals surface area contributed by atoms with Gasteiger partial charge in [-0.2, -0.15) is 0 Å². The zero-order chi connectivity index (χ0) is 16.5. The first-order chi connectivity index (χ1) is 10.8. The van der Waals surface area contributed by atoms with E-state index in [-0.39, 0.29) is 5.82 Å². The van der Waals surface area contributed by atoms with Crippen molar-refractivity contribution in [1.29, 1.82) is 0 Å². The zero-order valence-corrected chi connectivity index (χ0v) is 15.4. The number of halogens is 1. The summed E-state index contributed by atoms with van der Waals surface area (Å²) in [5, 5.41) is 1.33. The average Bonchev–Trinajstić information content (AvgIpc) is 2.92. The third kappa shape index (κ3) is 1.96. The lowest BCUT2D eigenvalue weighted by Gasteiger charge is -2.27. The van der Waals surface area contributed by atoms with E-state index in [1.54, 1.807) is 12.1 Å². The second-order valence-corrected chi connectivity index (χ2v) is 13.2. The molecule has 0 N–H and O–H groups in total. The molecule has 1 aliphatic rings. The van der Waals surface area contributed by atoms with Gasteiger partial charge in [-0.25, -0.2) is 4.39 Å². The topological polar surface area (TPSA) is 4.93 Å². The van der Waals surface area contributed by atoms with Gasteiger partial charge in [-0.3, -0.25) is 0 Å². The molecule has 1 heterocycles. The third-order valence-corrected chi connectivity index (χ3v) is 7.46. The van der Waals surface area contributed by atoms with Gasteiger partial charge in [-0.1, -0.05) is 37.8 Å². The number of benzene rings is 2. The van der Waals surface area contributed by atoms with Crippen molar-refractivity contribution in [1.82, 2.24) is 4.57 Å². The van der Waals surface area contributed by atoms with Gasteiger partial charge in [-0.05, 0) is 41.8 Å². The molecule has 0 radical (unpaired) electrons. The Morgan fingerprint density at radius 1 is 1.04 bits per heavy atom. The maximum atomic E-state index is 13.9. The van der Waals surface area contributed by atoms with E-state index in [1.807, 2.05) is 6.07 Å². The van der Waals surface area contributed by atoms with Gasteiger partial charge < -0.3 is 4.57 Å². The maximum absolute atomic E-state index is 13.9. The number of rotatable bonds is 1. The molecule has 0 spiro atoms. The van der Waals surface area contributed by atoms with Gasteiger partial charge in [0, 0.05) is 29.1 Å². The molecule has 1 unspecified atom stereocenters. The first-order valence-corrected chi connectivity index (χ1v) is 11.8. The Kier molecular flexibility index (Phi) is 2.92. The Morgan fingerprint density at radius 3 is 2.48 bits per heavy atom. The molecule has 0 fully saturated rings. The number of aromatic nitrogens is 1. The van der Waals surface area contributed by atoms with Gasteiger partial charge in [0.1, 0.15) is 5.82 Å². The summed E-state index contributed by atoms with van der Waals surface area (Å²) in [4.78, 5) is 0. The summed E-state index contributed by atoms with van der Waals surface area (Å²) >= 11 is 0. The summed E-state index contributed by atoms with van der Waals surface area (Å²) < 4.78 is 16.2. The number of nitrogens with zero attached hydrogens (tertiary/aromatic N) is 1. The van der Waals surface area contributed by atoms with Gasteiger partial charge in [0.15, 0.2) is 0 Å². The van der Waals surface area contributed by atoms with Crippen LogP contribution in [-0.4, -0.2) is 12.6 Å². The Labute approximate surface area is 137 Å². The fourth-order valence-electron chi connectivity index (χ4n) is 4.23. The van der Waals surface area contributed by atoms with Crippen molar-refractivity contribution in [3.63, 3.8) is 0 Å². The van der Waals surface area contributed by atoms with Crippen LogP contribution in [0, 0.1) is 12.7 Å². The van der Waals surface area contributed by atoms with Crippen molar-refractivity contribution in [2.75, 3.05) is 0 Å². The zero-order valence-electron chi connectivity index (χ0n) is 14.4. The van der Waals surface area contributed by atoms with Crippen molar-refractivity contribution in [2.24, 2.45) is 7.05 Å². The molecule has 4 rings (SSSR count). The molecule has 1 atom stereocenters. The molecule has 118 valence electrons. The van der Waals surface area contributed by atoms with E-state index >= 15 is 0 Å². The highest BCUT2D eigenvalue weighted by Crippen LogP contribution is 2.52. The highest BCUT2D eigenvalue weighted by atomic mass is 28.3. The molecule has 23 heavy (non-hydrogen) atoms. The fourth-order valence-corrected chi connectivity index (χ4v) is 6.58. The molecule has 0 saturated carbocycles. The lowest BCUT2D eigenvalue weighted by atomic mass is 10.1. The highest BCUT2D eigenvalue weighted by Gasteiger charge is 2.41. The van der Waals surface area contributed by atoms with Crippen LogP contribution in [0.4, 0.5) is 4.39 Å². The van der Waals surface area contributed by atoms with Gasteiger partial charge >= 0.3 is 0 Å². The van der Waals surface area contributed by atoms with Crippen molar-refractivity contribution < 1.29 is 4.39 Å². The summed E-state index contributed by atoms with van der Waals surface area (Å²) in [6, 6.07) is 12.0. The van der Waals surface area contributed by atoms with E-state index in [0.717, 1.165) is 5.56 Å². The lowest BCUT2D eigenvalue weighted by molar-refractivity contribution is 0.628. The van der Waals surface area contributed by atoms with Crippen LogP contribution in [0.25, 0.3) is 22.2 Å². The van der Waals surface area contributed by atoms with Crippen molar-refractivity contribution >= 4 is 19.0 Å². The molecule has 1 nitrogen and oxygen atoms in total. The van der Waals surface area contributed by atoms with Crippen LogP contribution in [0.3, 0.4) is 0 Å². The molecule has 0 amide bonds. The van der Waals surface area contributed by atoms with E-state index in [9.17, 15) is 4.39 Å². The average molecular weight is 323 g/mol. The van der Waals surface area contributed by atoms with Crippen molar-refractivity contribution in [3.8, 4) is 11.3 Å². The number of hydrogen-bond acceptors (Lipinski definition) is 0. The van der Waals surface area contributed by atoms with Gasteiger partial charge in [0.25, 0.3) is 0 Å². The van der Waals surface area contributed by atoms with Gasteiger partial charge in [-0.15, -0.1) is 0 Å². The van der Waals surface area contributed by atoms with E-state index in [2.05, 4.69) is 56.4 Å². The third-order valence-electron chi connectivity index (χ3n) is 5.13. The molecule has 3 heteroatoms. The van der Waals surface area contributed by atoms with Crippen molar-refractivity contribution in [3.05, 3.63) is 58.9 Å². The highest BCUT2D eigenvalue weighted by molar-refractivity contribution is 6.78. The van der Waals surface area contributed by atoms with Crippen LogP contribution in [-0.2, 0) is 7.05 Å². The summed E-state index contributed by atoms with van der Waals surface area (Å²) in [5.41, 5.74) is 7.99. The predicted octanol–water partition coefficient (Wildman–Crippen LogP) is 5.62. The largest absolute Gasteiger partial charge is 0.343 e. The Hall–Kier alpha value is -1.87. The Balaban J connectivity index is 2.17. The summed E-state index contributed by atoms with van der Waals surface area (Å²) in [6.07, 6.45) is 0. The molecule has 1 aliphatic carbocycles. The van der Waals surface area contributed by atoms with Crippen LogP contribution >= 0.6 is 0 Å². The minimum Gasteiger partial charge on any atom is -0.343 e. The normalized spacial score (nSPS) is 16.7. The summed E-state index contributed by atoms with van der Waals surface area (Å²) in [5.74, 6) is -0.146. The molecular formula is C20H22FNSi. The molecule has 0 saturated heterocycles. The standard InChI is InChI=1S/C20H22FNSi/c1-12-6-8-15-17(10-12)22(2)19-16-11-13(21)7-9-14(16)20(18(15)19)23(3,4)5/h6-11,20H,1-5H3. The van der Waals surface area contributed by atoms with E-state index in [4.69, 9.17) is 0 Å². The monoisotopic (exact) mass is 323 g/mol.